The number of hydrogen-bond donors (Lipinski definition) is 1. The van der Waals surface area contributed by atoms with Crippen LogP contribution in [0.15, 0.2) is 71.7 Å². The Morgan fingerprint density at radius 2 is 1.79 bits per heavy atom. The van der Waals surface area contributed by atoms with Gasteiger partial charge in [0.05, 0.1) is 5.54 Å². The lowest BCUT2D eigenvalue weighted by Gasteiger charge is -2.35. The van der Waals surface area contributed by atoms with Gasteiger partial charge in [0.2, 0.25) is 0 Å². The molecule has 0 radical (unpaired) electrons. The second-order valence-electron chi connectivity index (χ2n) is 7.78. The molecular weight excluding hydrogens is 362 g/mol. The van der Waals surface area contributed by atoms with Crippen molar-refractivity contribution in [3.8, 4) is 11.1 Å². The number of hydrogen-bond acceptors (Lipinski definition) is 4. The van der Waals surface area contributed by atoms with Crippen LogP contribution in [0.5, 0.6) is 0 Å². The van der Waals surface area contributed by atoms with Crippen LogP contribution >= 0.6 is 11.3 Å². The molecule has 0 saturated carbocycles. The molecular formula is C24H23N3S. The number of guanidine groups is 1. The van der Waals surface area contributed by atoms with Crippen LogP contribution in [0.4, 0.5) is 0 Å². The maximum atomic E-state index is 6.14. The van der Waals surface area contributed by atoms with Crippen LogP contribution in [0.1, 0.15) is 18.9 Å². The summed E-state index contributed by atoms with van der Waals surface area (Å²) < 4.78 is 2.68. The highest BCUT2D eigenvalue weighted by molar-refractivity contribution is 7.26. The Morgan fingerprint density at radius 1 is 1.00 bits per heavy atom. The Labute approximate surface area is 169 Å². The van der Waals surface area contributed by atoms with Crippen LogP contribution < -0.4 is 5.73 Å². The zero-order valence-electron chi connectivity index (χ0n) is 16.1. The summed E-state index contributed by atoms with van der Waals surface area (Å²) in [6.45, 7) is 3.11. The summed E-state index contributed by atoms with van der Waals surface area (Å²) in [6.07, 6.45) is 0.959. The summed E-state index contributed by atoms with van der Waals surface area (Å²) >= 11 is 1.87. The van der Waals surface area contributed by atoms with E-state index in [4.69, 9.17) is 10.7 Å². The maximum absolute atomic E-state index is 6.14. The molecule has 1 aromatic heterocycles. The molecule has 0 bridgehead atoms. The largest absolute Gasteiger partial charge is 0.370 e. The molecule has 0 fully saturated rings. The van der Waals surface area contributed by atoms with Crippen molar-refractivity contribution in [2.75, 3.05) is 13.6 Å². The molecule has 3 aromatic carbocycles. The van der Waals surface area contributed by atoms with E-state index in [0.29, 0.717) is 5.96 Å². The van der Waals surface area contributed by atoms with Crippen molar-refractivity contribution in [3.05, 3.63) is 72.3 Å². The van der Waals surface area contributed by atoms with Gasteiger partial charge in [0.25, 0.3) is 0 Å². The number of rotatable bonds is 2. The van der Waals surface area contributed by atoms with Crippen LogP contribution in [0, 0.1) is 0 Å². The van der Waals surface area contributed by atoms with Crippen molar-refractivity contribution in [2.24, 2.45) is 10.7 Å². The number of fused-ring (bicyclic) bond motifs is 3. The third-order valence-electron chi connectivity index (χ3n) is 5.89. The van der Waals surface area contributed by atoms with Crippen molar-refractivity contribution in [3.63, 3.8) is 0 Å². The van der Waals surface area contributed by atoms with E-state index in [1.165, 1.54) is 36.9 Å². The molecule has 2 heterocycles. The Bertz CT molecular complexity index is 1220. The highest BCUT2D eigenvalue weighted by Crippen LogP contribution is 2.41. The van der Waals surface area contributed by atoms with E-state index in [1.807, 2.05) is 23.3 Å². The van der Waals surface area contributed by atoms with Crippen molar-refractivity contribution >= 4 is 37.5 Å². The van der Waals surface area contributed by atoms with Gasteiger partial charge in [-0.1, -0.05) is 54.6 Å². The predicted molar refractivity (Wildman–Crippen MR) is 121 cm³/mol. The lowest BCUT2D eigenvalue weighted by Crippen LogP contribution is -2.43. The normalized spacial score (nSPS) is 19.9. The molecule has 2 N–H and O–H groups in total. The molecule has 0 amide bonds. The zero-order chi connectivity index (χ0) is 19.3. The topological polar surface area (TPSA) is 41.6 Å². The standard InChI is InChI=1S/C24H23N3S/c1-24(13-14-27(2)23(25)26-24)17-8-5-7-16(15-17)18-10-6-11-20-19-9-3-4-12-21(19)28-22(18)20/h3-12,15H,13-14H2,1-2H3,(H2,25,26). The van der Waals surface area contributed by atoms with E-state index < -0.39 is 0 Å². The van der Waals surface area contributed by atoms with Gasteiger partial charge in [0, 0.05) is 33.8 Å². The van der Waals surface area contributed by atoms with E-state index in [9.17, 15) is 0 Å². The molecule has 1 aliphatic heterocycles. The molecule has 5 rings (SSSR count). The molecule has 3 nitrogen and oxygen atoms in total. The molecule has 1 atom stereocenters. The van der Waals surface area contributed by atoms with Crippen LogP contribution in [-0.2, 0) is 5.54 Å². The van der Waals surface area contributed by atoms with Crippen molar-refractivity contribution < 1.29 is 0 Å². The number of benzene rings is 3. The lowest BCUT2D eigenvalue weighted by atomic mass is 9.86. The summed E-state index contributed by atoms with van der Waals surface area (Å²) in [5, 5.41) is 2.66. The van der Waals surface area contributed by atoms with Crippen LogP contribution in [0.3, 0.4) is 0 Å². The fourth-order valence-corrected chi connectivity index (χ4v) is 5.34. The first kappa shape index (κ1) is 17.3. The minimum atomic E-state index is -0.277. The zero-order valence-corrected chi connectivity index (χ0v) is 17.0. The second-order valence-corrected chi connectivity index (χ2v) is 8.83. The van der Waals surface area contributed by atoms with Crippen molar-refractivity contribution in [1.82, 2.24) is 4.90 Å². The molecule has 0 saturated heterocycles. The molecule has 0 aliphatic carbocycles. The molecule has 1 unspecified atom stereocenters. The number of nitrogens with two attached hydrogens (primary N) is 1. The van der Waals surface area contributed by atoms with E-state index in [2.05, 4.69) is 73.7 Å². The summed E-state index contributed by atoms with van der Waals surface area (Å²) in [4.78, 5) is 6.84. The smallest absolute Gasteiger partial charge is 0.191 e. The summed E-state index contributed by atoms with van der Waals surface area (Å²) in [7, 11) is 2.00. The molecule has 28 heavy (non-hydrogen) atoms. The van der Waals surface area contributed by atoms with E-state index >= 15 is 0 Å². The molecule has 0 spiro atoms. The first-order valence-corrected chi connectivity index (χ1v) is 10.4. The average Bonchev–Trinajstić information content (AvgIpc) is 3.10. The van der Waals surface area contributed by atoms with Crippen molar-refractivity contribution in [1.29, 1.82) is 0 Å². The van der Waals surface area contributed by atoms with Gasteiger partial charge in [-0.15, -0.1) is 11.3 Å². The van der Waals surface area contributed by atoms with Gasteiger partial charge in [0.1, 0.15) is 0 Å². The number of aliphatic imine (C=N–C) groups is 1. The third-order valence-corrected chi connectivity index (χ3v) is 7.11. The minimum absolute atomic E-state index is 0.277. The highest BCUT2D eigenvalue weighted by atomic mass is 32.1. The maximum Gasteiger partial charge on any atom is 0.191 e. The van der Waals surface area contributed by atoms with Gasteiger partial charge in [-0.3, -0.25) is 0 Å². The van der Waals surface area contributed by atoms with Crippen LogP contribution in [0.2, 0.25) is 0 Å². The number of thiophene rings is 1. The predicted octanol–water partition coefficient (Wildman–Crippen LogP) is 5.59. The Balaban J connectivity index is 1.67. The fourth-order valence-electron chi connectivity index (χ4n) is 4.10. The van der Waals surface area contributed by atoms with Crippen LogP contribution in [0.25, 0.3) is 31.3 Å². The van der Waals surface area contributed by atoms with E-state index in [-0.39, 0.29) is 5.54 Å². The Kier molecular flexibility index (Phi) is 3.91. The molecule has 1 aliphatic rings. The fraction of sp³-hybridized carbons (Fsp3) is 0.208. The monoisotopic (exact) mass is 385 g/mol. The number of nitrogens with zero attached hydrogens (tertiary/aromatic N) is 2. The second kappa shape index (κ2) is 6.35. The third kappa shape index (κ3) is 2.68. The van der Waals surface area contributed by atoms with Gasteiger partial charge >= 0.3 is 0 Å². The summed E-state index contributed by atoms with van der Waals surface area (Å²) in [5.41, 5.74) is 9.61. The van der Waals surface area contributed by atoms with Gasteiger partial charge in [0.15, 0.2) is 5.96 Å². The van der Waals surface area contributed by atoms with Gasteiger partial charge < -0.3 is 10.6 Å². The molecule has 140 valence electrons. The van der Waals surface area contributed by atoms with Gasteiger partial charge in [-0.25, -0.2) is 4.99 Å². The van der Waals surface area contributed by atoms with Gasteiger partial charge in [-0.05, 0) is 42.2 Å². The average molecular weight is 386 g/mol. The van der Waals surface area contributed by atoms with E-state index in [1.54, 1.807) is 0 Å². The quantitative estimate of drug-likeness (QED) is 0.489. The Morgan fingerprint density at radius 3 is 2.64 bits per heavy atom. The first-order chi connectivity index (χ1) is 13.5. The summed E-state index contributed by atoms with van der Waals surface area (Å²) in [5.74, 6) is 0.616. The van der Waals surface area contributed by atoms with Gasteiger partial charge in [-0.2, -0.15) is 0 Å². The van der Waals surface area contributed by atoms with Crippen LogP contribution in [-0.4, -0.2) is 24.5 Å². The molecule has 4 heteroatoms. The molecule has 4 aromatic rings. The Hall–Kier alpha value is -2.85. The van der Waals surface area contributed by atoms with Crippen molar-refractivity contribution in [2.45, 2.75) is 18.9 Å². The minimum Gasteiger partial charge on any atom is -0.370 e. The lowest BCUT2D eigenvalue weighted by molar-refractivity contribution is 0.339. The summed E-state index contributed by atoms with van der Waals surface area (Å²) in [6, 6.07) is 24.1. The van der Waals surface area contributed by atoms with E-state index in [0.717, 1.165) is 13.0 Å². The SMILES string of the molecule is CN1CCC(C)(c2cccc(-c3cccc4c3sc3ccccc34)c2)N=C1N. The first-order valence-electron chi connectivity index (χ1n) is 9.63. The highest BCUT2D eigenvalue weighted by Gasteiger charge is 2.31.